The number of carbonyl (C=O) groups excluding carboxylic acids is 2. The van der Waals surface area contributed by atoms with Crippen molar-refractivity contribution in [2.45, 2.75) is 20.3 Å². The average Bonchev–Trinajstić information content (AvgIpc) is 3.14. The van der Waals surface area contributed by atoms with E-state index in [4.69, 9.17) is 4.74 Å². The van der Waals surface area contributed by atoms with Gasteiger partial charge in [0.1, 0.15) is 10.6 Å². The Hall–Kier alpha value is -2.14. The second kappa shape index (κ2) is 6.54. The molecule has 5 heteroatoms. The molecule has 1 aromatic carbocycles. The van der Waals surface area contributed by atoms with Crippen LogP contribution in [0.1, 0.15) is 30.6 Å². The van der Waals surface area contributed by atoms with Crippen LogP contribution in [-0.4, -0.2) is 18.5 Å². The molecule has 0 aliphatic heterocycles. The second-order valence-corrected chi connectivity index (χ2v) is 6.63. The van der Waals surface area contributed by atoms with Gasteiger partial charge in [-0.15, -0.1) is 11.3 Å². The van der Waals surface area contributed by atoms with Gasteiger partial charge in [-0.2, -0.15) is 0 Å². The number of carbonyl (C=O) groups is 2. The molecule has 1 saturated carbocycles. The zero-order chi connectivity index (χ0) is 16.4. The van der Waals surface area contributed by atoms with Crippen LogP contribution < -0.4 is 5.32 Å². The third-order valence-corrected chi connectivity index (χ3v) is 4.93. The Bertz CT molecular complexity index is 723. The van der Waals surface area contributed by atoms with Crippen LogP contribution >= 0.6 is 11.3 Å². The van der Waals surface area contributed by atoms with Gasteiger partial charge in [-0.05, 0) is 24.8 Å². The van der Waals surface area contributed by atoms with Gasteiger partial charge in [0.15, 0.2) is 0 Å². The van der Waals surface area contributed by atoms with Crippen molar-refractivity contribution in [2.24, 2.45) is 11.8 Å². The summed E-state index contributed by atoms with van der Waals surface area (Å²) in [7, 11) is 0. The maximum atomic E-state index is 12.4. The third kappa shape index (κ3) is 3.29. The number of hydrogen-bond donors (Lipinski definition) is 1. The maximum Gasteiger partial charge on any atom is 0.341 e. The molecule has 1 aromatic heterocycles. The molecule has 1 aliphatic rings. The molecule has 0 bridgehead atoms. The van der Waals surface area contributed by atoms with Crippen molar-refractivity contribution in [3.8, 4) is 11.1 Å². The molecule has 23 heavy (non-hydrogen) atoms. The summed E-state index contributed by atoms with van der Waals surface area (Å²) in [5.74, 6) is 0.0816. The van der Waals surface area contributed by atoms with E-state index in [2.05, 4.69) is 12.2 Å². The molecule has 120 valence electrons. The number of rotatable bonds is 5. The Balaban J connectivity index is 1.94. The van der Waals surface area contributed by atoms with E-state index in [9.17, 15) is 9.59 Å². The molecule has 0 spiro atoms. The molecular weight excluding hydrogens is 310 g/mol. The largest absolute Gasteiger partial charge is 0.462 e. The van der Waals surface area contributed by atoms with Crippen LogP contribution in [0.3, 0.4) is 0 Å². The van der Waals surface area contributed by atoms with Gasteiger partial charge in [0.05, 0.1) is 6.61 Å². The highest BCUT2D eigenvalue weighted by Crippen LogP contribution is 2.41. The van der Waals surface area contributed by atoms with Gasteiger partial charge in [0, 0.05) is 16.9 Å². The number of nitrogens with one attached hydrogen (secondary N) is 1. The molecular formula is C18H19NO3S. The van der Waals surface area contributed by atoms with E-state index in [0.717, 1.165) is 17.5 Å². The quantitative estimate of drug-likeness (QED) is 0.837. The van der Waals surface area contributed by atoms with E-state index >= 15 is 0 Å². The maximum absolute atomic E-state index is 12.4. The topological polar surface area (TPSA) is 55.4 Å². The standard InChI is InChI=1S/C18H19NO3S/c1-3-22-18(21)15-14(12-7-5-4-6-8-12)10-23-17(15)19-16(20)13-9-11(13)2/h4-8,10-11,13H,3,9H2,1-2H3,(H,19,20)/t11-,13+/m0/s1. The molecule has 1 N–H and O–H groups in total. The number of thiophene rings is 1. The van der Waals surface area contributed by atoms with Gasteiger partial charge < -0.3 is 10.1 Å². The van der Waals surface area contributed by atoms with E-state index in [1.807, 2.05) is 35.7 Å². The SMILES string of the molecule is CCOC(=O)c1c(-c2ccccc2)csc1NC(=O)[C@@H]1C[C@@H]1C. The van der Waals surface area contributed by atoms with E-state index in [1.54, 1.807) is 6.92 Å². The van der Waals surface area contributed by atoms with E-state index in [-0.39, 0.29) is 11.8 Å². The number of ether oxygens (including phenoxy) is 1. The number of hydrogen-bond acceptors (Lipinski definition) is 4. The summed E-state index contributed by atoms with van der Waals surface area (Å²) in [5, 5.41) is 5.38. The minimum atomic E-state index is -0.397. The minimum Gasteiger partial charge on any atom is -0.462 e. The van der Waals surface area contributed by atoms with Gasteiger partial charge in [-0.25, -0.2) is 4.79 Å². The van der Waals surface area contributed by atoms with E-state index in [0.29, 0.717) is 23.1 Å². The summed E-state index contributed by atoms with van der Waals surface area (Å²) < 4.78 is 5.18. The Kier molecular flexibility index (Phi) is 4.48. The summed E-state index contributed by atoms with van der Waals surface area (Å²) in [6.07, 6.45) is 0.914. The summed E-state index contributed by atoms with van der Waals surface area (Å²) in [5.41, 5.74) is 2.19. The van der Waals surface area contributed by atoms with Crippen molar-refractivity contribution in [1.82, 2.24) is 0 Å². The van der Waals surface area contributed by atoms with Crippen LogP contribution in [0, 0.1) is 11.8 Å². The first-order valence-electron chi connectivity index (χ1n) is 7.76. The predicted octanol–water partition coefficient (Wildman–Crippen LogP) is 4.19. The zero-order valence-corrected chi connectivity index (χ0v) is 14.0. The number of benzene rings is 1. The number of amides is 1. The lowest BCUT2D eigenvalue weighted by Gasteiger charge is -2.08. The molecule has 4 nitrogen and oxygen atoms in total. The highest BCUT2D eigenvalue weighted by Gasteiger charge is 2.39. The van der Waals surface area contributed by atoms with Gasteiger partial charge in [-0.1, -0.05) is 37.3 Å². The molecule has 1 amide bonds. The first-order chi connectivity index (χ1) is 11.1. The summed E-state index contributed by atoms with van der Waals surface area (Å²) in [6, 6.07) is 9.66. The lowest BCUT2D eigenvalue weighted by molar-refractivity contribution is -0.117. The van der Waals surface area contributed by atoms with Crippen molar-refractivity contribution in [2.75, 3.05) is 11.9 Å². The number of anilines is 1. The smallest absolute Gasteiger partial charge is 0.341 e. The van der Waals surface area contributed by atoms with Gasteiger partial charge in [-0.3, -0.25) is 4.79 Å². The van der Waals surface area contributed by atoms with Crippen molar-refractivity contribution in [3.63, 3.8) is 0 Å². The van der Waals surface area contributed by atoms with Crippen LogP contribution in [0.15, 0.2) is 35.7 Å². The zero-order valence-electron chi connectivity index (χ0n) is 13.2. The second-order valence-electron chi connectivity index (χ2n) is 5.75. The average molecular weight is 329 g/mol. The Morgan fingerprint density at radius 1 is 1.30 bits per heavy atom. The van der Waals surface area contributed by atoms with E-state index < -0.39 is 5.97 Å². The highest BCUT2D eigenvalue weighted by molar-refractivity contribution is 7.15. The first kappa shape index (κ1) is 15.7. The van der Waals surface area contributed by atoms with Crippen LogP contribution in [0.2, 0.25) is 0 Å². The summed E-state index contributed by atoms with van der Waals surface area (Å²) >= 11 is 1.37. The Morgan fingerprint density at radius 3 is 2.61 bits per heavy atom. The van der Waals surface area contributed by atoms with Gasteiger partial charge >= 0.3 is 5.97 Å². The van der Waals surface area contributed by atoms with Crippen LogP contribution in [0.25, 0.3) is 11.1 Å². The van der Waals surface area contributed by atoms with Crippen molar-refractivity contribution in [3.05, 3.63) is 41.3 Å². The lowest BCUT2D eigenvalue weighted by atomic mass is 10.0. The molecule has 2 atom stereocenters. The predicted molar refractivity (Wildman–Crippen MR) is 91.6 cm³/mol. The van der Waals surface area contributed by atoms with Crippen molar-refractivity contribution < 1.29 is 14.3 Å². The van der Waals surface area contributed by atoms with Crippen LogP contribution in [0.4, 0.5) is 5.00 Å². The molecule has 1 fully saturated rings. The monoisotopic (exact) mass is 329 g/mol. The molecule has 1 heterocycles. The molecule has 0 saturated heterocycles. The Labute approximate surface area is 139 Å². The van der Waals surface area contributed by atoms with Gasteiger partial charge in [0.25, 0.3) is 0 Å². The molecule has 1 aliphatic carbocycles. The third-order valence-electron chi connectivity index (χ3n) is 4.04. The first-order valence-corrected chi connectivity index (χ1v) is 8.64. The van der Waals surface area contributed by atoms with Gasteiger partial charge in [0.2, 0.25) is 5.91 Å². The van der Waals surface area contributed by atoms with Crippen molar-refractivity contribution in [1.29, 1.82) is 0 Å². The van der Waals surface area contributed by atoms with Crippen LogP contribution in [0.5, 0.6) is 0 Å². The minimum absolute atomic E-state index is 0.00971. The molecule has 0 unspecified atom stereocenters. The normalized spacial score (nSPS) is 19.2. The fourth-order valence-electron chi connectivity index (χ4n) is 2.58. The fourth-order valence-corrected chi connectivity index (χ4v) is 3.54. The summed E-state index contributed by atoms with van der Waals surface area (Å²) in [6.45, 7) is 4.13. The Morgan fingerprint density at radius 2 is 2.00 bits per heavy atom. The fraction of sp³-hybridized carbons (Fsp3) is 0.333. The lowest BCUT2D eigenvalue weighted by Crippen LogP contribution is -2.16. The number of esters is 1. The highest BCUT2D eigenvalue weighted by atomic mass is 32.1. The van der Waals surface area contributed by atoms with Crippen LogP contribution in [-0.2, 0) is 9.53 Å². The summed E-state index contributed by atoms with van der Waals surface area (Å²) in [4.78, 5) is 24.6. The van der Waals surface area contributed by atoms with Crippen molar-refractivity contribution >= 4 is 28.2 Å². The molecule has 3 rings (SSSR count). The molecule has 0 radical (unpaired) electrons. The van der Waals surface area contributed by atoms with E-state index in [1.165, 1.54) is 11.3 Å². The molecule has 2 aromatic rings.